The average molecular weight is 319 g/mol. The first-order valence-electron chi connectivity index (χ1n) is 9.58. The molecule has 0 amide bonds. The molecule has 1 aromatic heterocycles. The van der Waals surface area contributed by atoms with E-state index in [0.29, 0.717) is 5.41 Å². The first kappa shape index (κ1) is 17.0. The molecule has 2 N–H and O–H groups in total. The predicted molar refractivity (Wildman–Crippen MR) is 93.3 cm³/mol. The topological polar surface area (TPSA) is 48.4 Å². The van der Waals surface area contributed by atoms with Gasteiger partial charge in [0.25, 0.3) is 0 Å². The highest BCUT2D eigenvalue weighted by molar-refractivity contribution is 5.07. The average Bonchev–Trinajstić information content (AvgIpc) is 3.09. The van der Waals surface area contributed by atoms with Crippen LogP contribution in [0.4, 0.5) is 0 Å². The van der Waals surface area contributed by atoms with E-state index >= 15 is 0 Å². The molecule has 0 unspecified atom stereocenters. The van der Waals surface area contributed by atoms with Crippen LogP contribution in [-0.2, 0) is 11.2 Å². The zero-order chi connectivity index (χ0) is 16.0. The maximum atomic E-state index is 5.78. The molecule has 0 aliphatic heterocycles. The van der Waals surface area contributed by atoms with Crippen molar-refractivity contribution in [3.8, 4) is 0 Å². The van der Waals surface area contributed by atoms with E-state index in [0.717, 1.165) is 38.0 Å². The van der Waals surface area contributed by atoms with Gasteiger partial charge in [-0.05, 0) is 99.6 Å². The Morgan fingerprint density at radius 1 is 1.09 bits per heavy atom. The number of hydrogen-bond donors (Lipinski definition) is 1. The Morgan fingerprint density at radius 2 is 1.78 bits per heavy atom. The Labute approximate surface area is 141 Å². The lowest BCUT2D eigenvalue weighted by Gasteiger charge is -2.45. The van der Waals surface area contributed by atoms with Gasteiger partial charge in [0.05, 0.1) is 12.5 Å². The zero-order valence-corrected chi connectivity index (χ0v) is 14.5. The molecular weight excluding hydrogens is 286 g/mol. The summed E-state index contributed by atoms with van der Waals surface area (Å²) < 4.78 is 11.0. The van der Waals surface area contributed by atoms with Gasteiger partial charge >= 0.3 is 0 Å². The summed E-state index contributed by atoms with van der Waals surface area (Å²) in [5, 5.41) is 0. The second kappa shape index (κ2) is 8.34. The van der Waals surface area contributed by atoms with E-state index in [4.69, 9.17) is 14.9 Å². The smallest absolute Gasteiger partial charge is 0.0934 e. The fraction of sp³-hybridized carbons (Fsp3) is 0.800. The van der Waals surface area contributed by atoms with E-state index in [1.165, 1.54) is 63.4 Å². The van der Waals surface area contributed by atoms with Gasteiger partial charge in [-0.25, -0.2) is 0 Å². The third-order valence-electron chi connectivity index (χ3n) is 6.28. The second-order valence-corrected chi connectivity index (χ2v) is 7.94. The molecule has 3 heteroatoms. The van der Waals surface area contributed by atoms with Gasteiger partial charge in [0.2, 0.25) is 0 Å². The molecule has 2 saturated carbocycles. The van der Waals surface area contributed by atoms with Crippen molar-refractivity contribution >= 4 is 0 Å². The largest absolute Gasteiger partial charge is 0.472 e. The van der Waals surface area contributed by atoms with Crippen molar-refractivity contribution in [1.29, 1.82) is 0 Å². The first-order valence-corrected chi connectivity index (χ1v) is 9.58. The van der Waals surface area contributed by atoms with Crippen LogP contribution < -0.4 is 5.73 Å². The van der Waals surface area contributed by atoms with Crippen molar-refractivity contribution in [3.05, 3.63) is 24.2 Å². The molecule has 2 aliphatic rings. The van der Waals surface area contributed by atoms with E-state index in [2.05, 4.69) is 6.07 Å². The van der Waals surface area contributed by atoms with Crippen molar-refractivity contribution in [2.24, 2.45) is 23.0 Å². The summed E-state index contributed by atoms with van der Waals surface area (Å²) in [5.41, 5.74) is 7.56. The van der Waals surface area contributed by atoms with Crippen molar-refractivity contribution in [3.63, 3.8) is 0 Å². The van der Waals surface area contributed by atoms with Crippen LogP contribution in [0.1, 0.15) is 63.4 Å². The van der Waals surface area contributed by atoms with E-state index in [1.54, 1.807) is 6.26 Å². The summed E-state index contributed by atoms with van der Waals surface area (Å²) in [4.78, 5) is 0. The highest BCUT2D eigenvalue weighted by atomic mass is 16.5. The molecule has 1 heterocycles. The molecule has 0 bridgehead atoms. The van der Waals surface area contributed by atoms with Crippen LogP contribution >= 0.6 is 0 Å². The Morgan fingerprint density at radius 3 is 2.39 bits per heavy atom. The second-order valence-electron chi connectivity index (χ2n) is 7.94. The molecule has 1 spiro atoms. The van der Waals surface area contributed by atoms with Gasteiger partial charge in [0.15, 0.2) is 0 Å². The first-order chi connectivity index (χ1) is 11.3. The van der Waals surface area contributed by atoms with Gasteiger partial charge in [0.1, 0.15) is 0 Å². The molecule has 0 atom stereocenters. The molecule has 23 heavy (non-hydrogen) atoms. The molecule has 0 aromatic carbocycles. The summed E-state index contributed by atoms with van der Waals surface area (Å²) in [6.45, 7) is 2.54. The van der Waals surface area contributed by atoms with Gasteiger partial charge in [0, 0.05) is 13.2 Å². The van der Waals surface area contributed by atoms with Crippen LogP contribution in [0, 0.1) is 17.3 Å². The van der Waals surface area contributed by atoms with E-state index in [9.17, 15) is 0 Å². The zero-order valence-electron chi connectivity index (χ0n) is 14.5. The molecular formula is C20H33NO2. The van der Waals surface area contributed by atoms with Gasteiger partial charge in [-0.15, -0.1) is 0 Å². The predicted octanol–water partition coefficient (Wildman–Crippen LogP) is 4.55. The van der Waals surface area contributed by atoms with Gasteiger partial charge < -0.3 is 14.9 Å². The SMILES string of the molecule is NCCCOCC1CCC2(CC1)CCC(Cc1ccoc1)CC2. The summed E-state index contributed by atoms with van der Waals surface area (Å²) in [6, 6.07) is 2.13. The third-order valence-corrected chi connectivity index (χ3v) is 6.28. The number of hydrogen-bond acceptors (Lipinski definition) is 3. The molecule has 1 aromatic rings. The standard InChI is InChI=1S/C20H33NO2/c21-11-1-12-22-15-18-4-9-20(10-5-18)7-2-17(3-8-20)14-19-6-13-23-16-19/h6,13,16-18H,1-5,7-12,14-15,21H2. The molecule has 0 radical (unpaired) electrons. The van der Waals surface area contributed by atoms with Crippen LogP contribution in [-0.4, -0.2) is 19.8 Å². The number of furan rings is 1. The Bertz CT molecular complexity index is 425. The van der Waals surface area contributed by atoms with Crippen LogP contribution in [0.2, 0.25) is 0 Å². The van der Waals surface area contributed by atoms with Crippen molar-refractivity contribution in [2.45, 2.75) is 64.2 Å². The Hall–Kier alpha value is -0.800. The lowest BCUT2D eigenvalue weighted by Crippen LogP contribution is -2.33. The minimum Gasteiger partial charge on any atom is -0.472 e. The fourth-order valence-corrected chi connectivity index (χ4v) is 4.63. The van der Waals surface area contributed by atoms with Crippen LogP contribution in [0.25, 0.3) is 0 Å². The molecule has 2 aliphatic carbocycles. The summed E-state index contributed by atoms with van der Waals surface area (Å²) >= 11 is 0. The number of ether oxygens (including phenoxy) is 1. The molecule has 3 nitrogen and oxygen atoms in total. The molecule has 2 fully saturated rings. The third kappa shape index (κ3) is 4.84. The van der Waals surface area contributed by atoms with Crippen LogP contribution in [0.3, 0.4) is 0 Å². The molecule has 0 saturated heterocycles. The molecule has 3 rings (SSSR count). The summed E-state index contributed by atoms with van der Waals surface area (Å²) in [6.07, 6.45) is 17.2. The van der Waals surface area contributed by atoms with Gasteiger partial charge in [-0.3, -0.25) is 0 Å². The normalized spacial score (nSPS) is 31.5. The van der Waals surface area contributed by atoms with E-state index in [-0.39, 0.29) is 0 Å². The van der Waals surface area contributed by atoms with E-state index < -0.39 is 0 Å². The van der Waals surface area contributed by atoms with Gasteiger partial charge in [-0.2, -0.15) is 0 Å². The quantitative estimate of drug-likeness (QED) is 0.750. The maximum Gasteiger partial charge on any atom is 0.0934 e. The van der Waals surface area contributed by atoms with Crippen molar-refractivity contribution < 1.29 is 9.15 Å². The van der Waals surface area contributed by atoms with Crippen molar-refractivity contribution in [1.82, 2.24) is 0 Å². The summed E-state index contributed by atoms with van der Waals surface area (Å²) in [7, 11) is 0. The maximum absolute atomic E-state index is 5.78. The monoisotopic (exact) mass is 319 g/mol. The highest BCUT2D eigenvalue weighted by Crippen LogP contribution is 2.50. The lowest BCUT2D eigenvalue weighted by molar-refractivity contribution is 0.0326. The number of rotatable bonds is 7. The number of nitrogens with two attached hydrogens (primary N) is 1. The van der Waals surface area contributed by atoms with Crippen molar-refractivity contribution in [2.75, 3.05) is 19.8 Å². The van der Waals surface area contributed by atoms with Crippen LogP contribution in [0.5, 0.6) is 0 Å². The minimum absolute atomic E-state index is 0.667. The highest BCUT2D eigenvalue weighted by Gasteiger charge is 2.38. The Balaban J connectivity index is 1.36. The van der Waals surface area contributed by atoms with E-state index in [1.807, 2.05) is 6.26 Å². The Kier molecular flexibility index (Phi) is 6.18. The summed E-state index contributed by atoms with van der Waals surface area (Å²) in [5.74, 6) is 1.66. The minimum atomic E-state index is 0.667. The fourth-order valence-electron chi connectivity index (χ4n) is 4.63. The van der Waals surface area contributed by atoms with Crippen LogP contribution in [0.15, 0.2) is 23.0 Å². The molecule has 130 valence electrons. The van der Waals surface area contributed by atoms with Gasteiger partial charge in [-0.1, -0.05) is 0 Å². The lowest BCUT2D eigenvalue weighted by atomic mass is 9.61.